The van der Waals surface area contributed by atoms with E-state index >= 15 is 0 Å². The summed E-state index contributed by atoms with van der Waals surface area (Å²) < 4.78 is 0. The topological polar surface area (TPSA) is 12.0 Å². The van der Waals surface area contributed by atoms with Crippen LogP contribution in [0.2, 0.25) is 0 Å². The predicted octanol–water partition coefficient (Wildman–Crippen LogP) is 2.79. The molecule has 0 aromatic heterocycles. The molecule has 1 heterocycles. The van der Waals surface area contributed by atoms with Gasteiger partial charge in [0.1, 0.15) is 0 Å². The van der Waals surface area contributed by atoms with Crippen molar-refractivity contribution in [1.29, 1.82) is 0 Å². The highest BCUT2D eigenvalue weighted by Crippen LogP contribution is 2.53. The van der Waals surface area contributed by atoms with Gasteiger partial charge in [0, 0.05) is 0 Å². The number of nitrogens with one attached hydrogen (secondary N) is 1. The summed E-state index contributed by atoms with van der Waals surface area (Å²) in [4.78, 5) is 0. The van der Waals surface area contributed by atoms with Crippen molar-refractivity contribution in [3.8, 4) is 0 Å². The lowest BCUT2D eigenvalue weighted by atomic mass is 9.91. The molecule has 2 aliphatic rings. The molecule has 0 radical (unpaired) electrons. The smallest absolute Gasteiger partial charge is 0.00462 e. The monoisotopic (exact) mass is 201 g/mol. The third-order valence-electron chi connectivity index (χ3n) is 4.06. The normalized spacial score (nSPS) is 31.5. The first-order valence-corrected chi connectivity index (χ1v) is 6.21. The fraction of sp³-hybridized carbons (Fsp3) is 0.571. The number of rotatable bonds is 2. The van der Waals surface area contributed by atoms with Crippen LogP contribution in [0.3, 0.4) is 0 Å². The zero-order chi connectivity index (χ0) is 10.1. The van der Waals surface area contributed by atoms with Crippen LogP contribution in [0.1, 0.15) is 30.7 Å². The van der Waals surface area contributed by atoms with Crippen LogP contribution in [-0.2, 0) is 0 Å². The Morgan fingerprint density at radius 3 is 2.47 bits per heavy atom. The van der Waals surface area contributed by atoms with Crippen LogP contribution in [0.15, 0.2) is 30.3 Å². The zero-order valence-corrected chi connectivity index (χ0v) is 9.15. The molecular formula is C14H19N. The van der Waals surface area contributed by atoms with E-state index in [4.69, 9.17) is 0 Å². The van der Waals surface area contributed by atoms with E-state index in [-0.39, 0.29) is 0 Å². The van der Waals surface area contributed by atoms with Gasteiger partial charge >= 0.3 is 0 Å². The van der Waals surface area contributed by atoms with Crippen LogP contribution in [0.4, 0.5) is 0 Å². The van der Waals surface area contributed by atoms with Gasteiger partial charge in [-0.1, -0.05) is 30.3 Å². The highest BCUT2D eigenvalue weighted by Gasteiger charge is 2.43. The zero-order valence-electron chi connectivity index (χ0n) is 9.15. The summed E-state index contributed by atoms with van der Waals surface area (Å²) >= 11 is 0. The summed E-state index contributed by atoms with van der Waals surface area (Å²) in [5.74, 6) is 2.88. The summed E-state index contributed by atoms with van der Waals surface area (Å²) in [6.07, 6.45) is 4.23. The molecule has 2 unspecified atom stereocenters. The molecule has 3 rings (SSSR count). The second-order valence-electron chi connectivity index (χ2n) is 5.00. The quantitative estimate of drug-likeness (QED) is 0.776. The van der Waals surface area contributed by atoms with E-state index in [1.165, 1.54) is 32.4 Å². The Labute approximate surface area is 91.9 Å². The van der Waals surface area contributed by atoms with Gasteiger partial charge in [0.15, 0.2) is 0 Å². The van der Waals surface area contributed by atoms with Gasteiger partial charge in [-0.2, -0.15) is 0 Å². The number of hydrogen-bond donors (Lipinski definition) is 1. The SMILES string of the molecule is c1ccc(C2CC2C2CCNCC2)cc1. The van der Waals surface area contributed by atoms with Crippen molar-refractivity contribution in [2.24, 2.45) is 11.8 Å². The van der Waals surface area contributed by atoms with E-state index < -0.39 is 0 Å². The van der Waals surface area contributed by atoms with E-state index in [0.717, 1.165) is 17.8 Å². The maximum atomic E-state index is 3.45. The Morgan fingerprint density at radius 1 is 1.00 bits per heavy atom. The lowest BCUT2D eigenvalue weighted by molar-refractivity contribution is 0.332. The minimum absolute atomic E-state index is 0.884. The first-order valence-electron chi connectivity index (χ1n) is 6.21. The first-order chi connectivity index (χ1) is 7.45. The molecule has 1 saturated heterocycles. The number of piperidine rings is 1. The summed E-state index contributed by atoms with van der Waals surface area (Å²) in [5, 5.41) is 3.45. The van der Waals surface area contributed by atoms with Crippen LogP contribution in [-0.4, -0.2) is 13.1 Å². The van der Waals surface area contributed by atoms with Gasteiger partial charge in [0.25, 0.3) is 0 Å². The standard InChI is InChI=1S/C14H19N/c1-2-4-11(5-3-1)13-10-14(13)12-6-8-15-9-7-12/h1-5,12-15H,6-10H2. The van der Waals surface area contributed by atoms with Gasteiger partial charge in [-0.25, -0.2) is 0 Å². The van der Waals surface area contributed by atoms with Crippen LogP contribution >= 0.6 is 0 Å². The minimum Gasteiger partial charge on any atom is -0.317 e. The molecule has 1 N–H and O–H groups in total. The van der Waals surface area contributed by atoms with Crippen LogP contribution < -0.4 is 5.32 Å². The van der Waals surface area contributed by atoms with Gasteiger partial charge in [-0.3, -0.25) is 0 Å². The van der Waals surface area contributed by atoms with Gasteiger partial charge in [0.05, 0.1) is 0 Å². The lowest BCUT2D eigenvalue weighted by Crippen LogP contribution is -2.28. The fourth-order valence-electron chi connectivity index (χ4n) is 3.09. The third kappa shape index (κ3) is 1.93. The average molecular weight is 201 g/mol. The molecule has 0 bridgehead atoms. The Bertz CT molecular complexity index is 313. The number of hydrogen-bond acceptors (Lipinski definition) is 1. The largest absolute Gasteiger partial charge is 0.317 e. The summed E-state index contributed by atoms with van der Waals surface area (Å²) in [7, 11) is 0. The Balaban J connectivity index is 1.64. The maximum Gasteiger partial charge on any atom is -0.00462 e. The van der Waals surface area contributed by atoms with Crippen molar-refractivity contribution >= 4 is 0 Å². The molecule has 2 fully saturated rings. The summed E-state index contributed by atoms with van der Waals surface area (Å²) in [6.45, 7) is 2.48. The van der Waals surface area contributed by atoms with E-state index in [1.807, 2.05) is 0 Å². The van der Waals surface area contributed by atoms with E-state index in [9.17, 15) is 0 Å². The average Bonchev–Trinajstić information content (AvgIpc) is 3.11. The molecule has 2 atom stereocenters. The molecule has 80 valence electrons. The van der Waals surface area contributed by atoms with Gasteiger partial charge in [0.2, 0.25) is 0 Å². The van der Waals surface area contributed by atoms with Crippen LogP contribution in [0.25, 0.3) is 0 Å². The van der Waals surface area contributed by atoms with Crippen LogP contribution in [0.5, 0.6) is 0 Å². The van der Waals surface area contributed by atoms with Crippen molar-refractivity contribution in [2.45, 2.75) is 25.2 Å². The molecule has 1 aliphatic carbocycles. The van der Waals surface area contributed by atoms with E-state index in [0.29, 0.717) is 0 Å². The highest BCUT2D eigenvalue weighted by molar-refractivity contribution is 5.26. The maximum absolute atomic E-state index is 3.45. The Morgan fingerprint density at radius 2 is 1.73 bits per heavy atom. The number of benzene rings is 1. The molecule has 1 aromatic carbocycles. The molecule has 1 aromatic rings. The molecular weight excluding hydrogens is 182 g/mol. The molecule has 1 nitrogen and oxygen atoms in total. The van der Waals surface area contributed by atoms with Crippen molar-refractivity contribution in [1.82, 2.24) is 5.32 Å². The molecule has 0 amide bonds. The fourth-order valence-corrected chi connectivity index (χ4v) is 3.09. The molecule has 15 heavy (non-hydrogen) atoms. The van der Waals surface area contributed by atoms with Crippen molar-refractivity contribution in [3.63, 3.8) is 0 Å². The predicted molar refractivity (Wildman–Crippen MR) is 62.9 cm³/mol. The van der Waals surface area contributed by atoms with E-state index in [2.05, 4.69) is 35.6 Å². The second-order valence-corrected chi connectivity index (χ2v) is 5.00. The molecule has 1 aliphatic heterocycles. The highest BCUT2D eigenvalue weighted by atomic mass is 14.9. The van der Waals surface area contributed by atoms with Crippen molar-refractivity contribution in [2.75, 3.05) is 13.1 Å². The summed E-state index contributed by atoms with van der Waals surface area (Å²) in [5.41, 5.74) is 1.57. The third-order valence-corrected chi connectivity index (χ3v) is 4.06. The Kier molecular flexibility index (Phi) is 2.49. The first kappa shape index (κ1) is 9.41. The molecule has 1 saturated carbocycles. The summed E-state index contributed by atoms with van der Waals surface area (Å²) in [6, 6.07) is 11.1. The minimum atomic E-state index is 0.884. The molecule has 0 spiro atoms. The Hall–Kier alpha value is -0.820. The van der Waals surface area contributed by atoms with Gasteiger partial charge in [-0.15, -0.1) is 0 Å². The molecule has 1 heteroatoms. The van der Waals surface area contributed by atoms with Gasteiger partial charge < -0.3 is 5.32 Å². The second kappa shape index (κ2) is 3.97. The van der Waals surface area contributed by atoms with Crippen molar-refractivity contribution < 1.29 is 0 Å². The van der Waals surface area contributed by atoms with E-state index in [1.54, 1.807) is 5.56 Å². The van der Waals surface area contributed by atoms with Gasteiger partial charge in [-0.05, 0) is 55.7 Å². The van der Waals surface area contributed by atoms with Crippen LogP contribution in [0, 0.1) is 11.8 Å². The van der Waals surface area contributed by atoms with Crippen molar-refractivity contribution in [3.05, 3.63) is 35.9 Å². The lowest BCUT2D eigenvalue weighted by Gasteiger charge is -2.22.